The van der Waals surface area contributed by atoms with Crippen LogP contribution < -0.4 is 0 Å². The molecule has 1 nitrogen and oxygen atoms in total. The molecule has 0 atom stereocenters. The smallest absolute Gasteiger partial charge is 0.0615 e. The molecule has 20 heavy (non-hydrogen) atoms. The molecule has 0 heterocycles. The second kappa shape index (κ2) is 11.7. The summed E-state index contributed by atoms with van der Waals surface area (Å²) in [6.45, 7) is 2.38. The quantitative estimate of drug-likeness (QED) is 0.537. The molecule has 0 saturated heterocycles. The Kier molecular flexibility index (Phi) is 9.95. The summed E-state index contributed by atoms with van der Waals surface area (Å²) in [6.07, 6.45) is 16.0. The monoisotopic (exact) mass is 274 g/mol. The van der Waals surface area contributed by atoms with Crippen molar-refractivity contribution in [3.63, 3.8) is 0 Å². The second-order valence-electron chi connectivity index (χ2n) is 5.55. The molecule has 0 fully saturated rings. The second-order valence-corrected chi connectivity index (χ2v) is 5.55. The first-order valence-electron chi connectivity index (χ1n) is 8.23. The fourth-order valence-electron chi connectivity index (χ4n) is 2.45. The van der Waals surface area contributed by atoms with Crippen molar-refractivity contribution < 1.29 is 5.11 Å². The van der Waals surface area contributed by atoms with Gasteiger partial charge >= 0.3 is 0 Å². The van der Waals surface area contributed by atoms with E-state index in [0.29, 0.717) is 0 Å². The van der Waals surface area contributed by atoms with Gasteiger partial charge in [0.25, 0.3) is 0 Å². The normalized spacial score (nSPS) is 11.3. The van der Waals surface area contributed by atoms with E-state index >= 15 is 0 Å². The highest BCUT2D eigenvalue weighted by molar-refractivity contribution is 5.49. The zero-order chi connectivity index (χ0) is 14.5. The van der Waals surface area contributed by atoms with Crippen LogP contribution in [0.1, 0.15) is 69.4 Å². The van der Waals surface area contributed by atoms with Gasteiger partial charge in [-0.25, -0.2) is 0 Å². The van der Waals surface area contributed by atoms with Crippen LogP contribution in [0.15, 0.2) is 30.3 Å². The molecule has 1 rings (SSSR count). The van der Waals surface area contributed by atoms with Crippen molar-refractivity contribution in [1.29, 1.82) is 0 Å². The molecule has 0 amide bonds. The molecule has 0 aliphatic rings. The van der Waals surface area contributed by atoms with Gasteiger partial charge in [-0.15, -0.1) is 0 Å². The highest BCUT2D eigenvalue weighted by Crippen LogP contribution is 2.12. The van der Waals surface area contributed by atoms with Crippen LogP contribution >= 0.6 is 0 Å². The van der Waals surface area contributed by atoms with Gasteiger partial charge in [0.05, 0.1) is 6.61 Å². The van der Waals surface area contributed by atoms with Gasteiger partial charge in [0.2, 0.25) is 0 Å². The third kappa shape index (κ3) is 8.16. The summed E-state index contributed by atoms with van der Waals surface area (Å²) >= 11 is 0. The van der Waals surface area contributed by atoms with Crippen molar-refractivity contribution in [1.82, 2.24) is 0 Å². The van der Waals surface area contributed by atoms with E-state index in [4.69, 9.17) is 5.11 Å². The van der Waals surface area contributed by atoms with Gasteiger partial charge in [0.15, 0.2) is 0 Å². The summed E-state index contributed by atoms with van der Waals surface area (Å²) in [4.78, 5) is 0. The van der Waals surface area contributed by atoms with E-state index in [9.17, 15) is 0 Å². The lowest BCUT2D eigenvalue weighted by molar-refractivity contribution is 0.343. The molecule has 0 aliphatic heterocycles. The molecule has 0 radical (unpaired) electrons. The molecule has 1 aromatic carbocycles. The number of aliphatic hydroxyl groups is 1. The van der Waals surface area contributed by atoms with Crippen LogP contribution in [-0.4, -0.2) is 11.7 Å². The molecule has 0 unspecified atom stereocenters. The topological polar surface area (TPSA) is 20.2 Å². The minimum atomic E-state index is 0.111. The van der Waals surface area contributed by atoms with Crippen LogP contribution in [-0.2, 0) is 6.42 Å². The minimum absolute atomic E-state index is 0.111. The number of aliphatic hydroxyl groups excluding tert-OH is 1. The van der Waals surface area contributed by atoms with E-state index in [1.54, 1.807) is 6.08 Å². The lowest BCUT2D eigenvalue weighted by Crippen LogP contribution is -1.87. The van der Waals surface area contributed by atoms with Gasteiger partial charge in [0.1, 0.15) is 0 Å². The van der Waals surface area contributed by atoms with Gasteiger partial charge in [0, 0.05) is 0 Å². The Hall–Kier alpha value is -1.08. The number of aryl methyl sites for hydroxylation is 1. The lowest BCUT2D eigenvalue weighted by atomic mass is 10.0. The van der Waals surface area contributed by atoms with Crippen molar-refractivity contribution in [2.24, 2.45) is 0 Å². The van der Waals surface area contributed by atoms with E-state index < -0.39 is 0 Å². The number of hydrogen-bond donors (Lipinski definition) is 1. The Morgan fingerprint density at radius 2 is 1.45 bits per heavy atom. The van der Waals surface area contributed by atoms with E-state index in [1.807, 2.05) is 6.08 Å². The summed E-state index contributed by atoms with van der Waals surface area (Å²) in [6, 6.07) is 8.68. The van der Waals surface area contributed by atoms with Crippen LogP contribution in [0.25, 0.3) is 6.08 Å². The zero-order valence-corrected chi connectivity index (χ0v) is 13.0. The first-order chi connectivity index (χ1) is 9.86. The fourth-order valence-corrected chi connectivity index (χ4v) is 2.45. The summed E-state index contributed by atoms with van der Waals surface area (Å²) in [5.41, 5.74) is 2.59. The number of unbranched alkanes of at least 4 members (excludes halogenated alkanes) is 7. The van der Waals surface area contributed by atoms with Crippen LogP contribution in [0, 0.1) is 0 Å². The lowest BCUT2D eigenvalue weighted by Gasteiger charge is -2.03. The maximum absolute atomic E-state index is 8.73. The largest absolute Gasteiger partial charge is 0.392 e. The summed E-state index contributed by atoms with van der Waals surface area (Å²) in [5.74, 6) is 0. The van der Waals surface area contributed by atoms with Gasteiger partial charge in [-0.3, -0.25) is 0 Å². The standard InChI is InChI=1S/C19H30O/c1-2-3-4-5-6-7-8-9-11-18-13-15-19(16-14-18)12-10-17-20/h10,12-16,20H,2-9,11,17H2,1H3. The molecule has 1 N–H and O–H groups in total. The molecular formula is C19H30O. The third-order valence-corrected chi connectivity index (χ3v) is 3.71. The van der Waals surface area contributed by atoms with Crippen molar-refractivity contribution in [2.45, 2.75) is 64.7 Å². The average Bonchev–Trinajstić information content (AvgIpc) is 2.49. The van der Waals surface area contributed by atoms with Gasteiger partial charge in [-0.2, -0.15) is 0 Å². The molecule has 0 saturated carbocycles. The predicted molar refractivity (Wildman–Crippen MR) is 88.9 cm³/mol. The number of benzene rings is 1. The van der Waals surface area contributed by atoms with Gasteiger partial charge < -0.3 is 5.11 Å². The SMILES string of the molecule is CCCCCCCCCCc1ccc(C=CCO)cc1. The minimum Gasteiger partial charge on any atom is -0.392 e. The number of hydrogen-bond acceptors (Lipinski definition) is 1. The molecular weight excluding hydrogens is 244 g/mol. The first kappa shape index (κ1) is 17.0. The fraction of sp³-hybridized carbons (Fsp3) is 0.579. The summed E-state index contributed by atoms with van der Waals surface area (Å²) in [7, 11) is 0. The summed E-state index contributed by atoms with van der Waals surface area (Å²) < 4.78 is 0. The first-order valence-corrected chi connectivity index (χ1v) is 8.23. The van der Waals surface area contributed by atoms with Crippen molar-refractivity contribution in [3.8, 4) is 0 Å². The predicted octanol–water partition coefficient (Wildman–Crippen LogP) is 5.38. The Morgan fingerprint density at radius 3 is 2.05 bits per heavy atom. The molecule has 0 aromatic heterocycles. The molecule has 112 valence electrons. The number of rotatable bonds is 11. The zero-order valence-electron chi connectivity index (χ0n) is 13.0. The highest BCUT2D eigenvalue weighted by atomic mass is 16.2. The van der Waals surface area contributed by atoms with Gasteiger partial charge in [-0.1, -0.05) is 88.3 Å². The Bertz CT molecular complexity index is 351. The van der Waals surface area contributed by atoms with E-state index in [1.165, 1.54) is 68.9 Å². The Balaban J connectivity index is 2.08. The van der Waals surface area contributed by atoms with Crippen molar-refractivity contribution in [2.75, 3.05) is 6.61 Å². The van der Waals surface area contributed by atoms with Crippen LogP contribution in [0.4, 0.5) is 0 Å². The van der Waals surface area contributed by atoms with Crippen LogP contribution in [0.2, 0.25) is 0 Å². The Morgan fingerprint density at radius 1 is 0.850 bits per heavy atom. The van der Waals surface area contributed by atoms with E-state index in [2.05, 4.69) is 31.2 Å². The Labute approximate surface area is 124 Å². The van der Waals surface area contributed by atoms with Gasteiger partial charge in [-0.05, 0) is 24.0 Å². The highest BCUT2D eigenvalue weighted by Gasteiger charge is 1.95. The molecule has 0 spiro atoms. The maximum atomic E-state index is 8.73. The van der Waals surface area contributed by atoms with Crippen molar-refractivity contribution in [3.05, 3.63) is 41.5 Å². The third-order valence-electron chi connectivity index (χ3n) is 3.71. The van der Waals surface area contributed by atoms with Crippen LogP contribution in [0.3, 0.4) is 0 Å². The molecule has 0 aliphatic carbocycles. The summed E-state index contributed by atoms with van der Waals surface area (Å²) in [5, 5.41) is 8.73. The maximum Gasteiger partial charge on any atom is 0.0615 e. The average molecular weight is 274 g/mol. The van der Waals surface area contributed by atoms with E-state index in [0.717, 1.165) is 0 Å². The molecule has 1 aromatic rings. The molecule has 0 bridgehead atoms. The van der Waals surface area contributed by atoms with Crippen molar-refractivity contribution >= 4 is 6.08 Å². The van der Waals surface area contributed by atoms with Crippen LogP contribution in [0.5, 0.6) is 0 Å². The molecule has 1 heteroatoms. The van der Waals surface area contributed by atoms with E-state index in [-0.39, 0.29) is 6.61 Å².